The van der Waals surface area contributed by atoms with Crippen LogP contribution in [0.3, 0.4) is 0 Å². The first-order valence-electron chi connectivity index (χ1n) is 7.02. The van der Waals surface area contributed by atoms with Gasteiger partial charge in [-0.25, -0.2) is 0 Å². The largest absolute Gasteiger partial charge is 0.457 e. The van der Waals surface area contributed by atoms with Crippen LogP contribution >= 0.6 is 0 Å². The first kappa shape index (κ1) is 15.3. The van der Waals surface area contributed by atoms with Crippen LogP contribution in [0.1, 0.15) is 35.4 Å². The number of ether oxygens (including phenoxy) is 1. The number of pyridine rings is 1. The Morgan fingerprint density at radius 3 is 2.57 bits per heavy atom. The molecule has 1 unspecified atom stereocenters. The predicted octanol–water partition coefficient (Wildman–Crippen LogP) is 3.57. The summed E-state index contributed by atoms with van der Waals surface area (Å²) >= 11 is 0. The first-order valence-corrected chi connectivity index (χ1v) is 7.02. The van der Waals surface area contributed by atoms with Crippen LogP contribution in [0.15, 0.2) is 42.7 Å². The Kier molecular flexibility index (Phi) is 3.67. The zero-order chi connectivity index (χ0) is 16.6. The Labute approximate surface area is 131 Å². The van der Waals surface area contributed by atoms with Crippen molar-refractivity contribution in [2.75, 3.05) is 0 Å². The second-order valence-corrected chi connectivity index (χ2v) is 5.37. The van der Waals surface area contributed by atoms with E-state index in [9.17, 15) is 18.4 Å². The van der Waals surface area contributed by atoms with Crippen molar-refractivity contribution in [1.29, 1.82) is 0 Å². The van der Waals surface area contributed by atoms with Gasteiger partial charge in [0, 0.05) is 30.4 Å². The molecule has 3 rings (SSSR count). The minimum absolute atomic E-state index is 0.106. The fraction of sp³-hybridized carbons (Fsp3) is 0.235. The van der Waals surface area contributed by atoms with Gasteiger partial charge in [-0.1, -0.05) is 12.1 Å². The molecule has 0 fully saturated rings. The third kappa shape index (κ3) is 2.84. The third-order valence-corrected chi connectivity index (χ3v) is 3.74. The number of benzene rings is 1. The number of carbonyl (C=O) groups is 2. The summed E-state index contributed by atoms with van der Waals surface area (Å²) in [6.07, 6.45) is 1.24. The molecule has 0 radical (unpaired) electrons. The second-order valence-electron chi connectivity index (χ2n) is 5.37. The van der Waals surface area contributed by atoms with Gasteiger partial charge in [-0.3, -0.25) is 14.6 Å². The monoisotopic (exact) mass is 317 g/mol. The Bertz CT molecular complexity index is 775. The lowest BCUT2D eigenvalue weighted by molar-refractivity contribution is -0.150. The van der Waals surface area contributed by atoms with Crippen LogP contribution in [-0.2, 0) is 9.53 Å². The molecule has 1 atom stereocenters. The second kappa shape index (κ2) is 5.53. The Hall–Kier alpha value is -2.63. The van der Waals surface area contributed by atoms with E-state index >= 15 is 0 Å². The zero-order valence-electron chi connectivity index (χ0n) is 12.3. The maximum absolute atomic E-state index is 13.9. The smallest absolute Gasteiger partial charge is 0.313 e. The van der Waals surface area contributed by atoms with Crippen LogP contribution in [0.25, 0.3) is 11.1 Å². The molecule has 0 N–H and O–H groups in total. The molecule has 1 aromatic carbocycles. The Morgan fingerprint density at radius 1 is 1.22 bits per heavy atom. The Morgan fingerprint density at radius 2 is 1.91 bits per heavy atom. The number of fused-ring (bicyclic) bond motifs is 1. The molecular weight excluding hydrogens is 304 g/mol. The summed E-state index contributed by atoms with van der Waals surface area (Å²) in [5, 5.41) is 0. The molecule has 1 aliphatic rings. The van der Waals surface area contributed by atoms with E-state index in [1.807, 2.05) is 0 Å². The van der Waals surface area contributed by atoms with Crippen LogP contribution in [0, 0.1) is 0 Å². The van der Waals surface area contributed by atoms with Gasteiger partial charge in [0.05, 0.1) is 6.42 Å². The van der Waals surface area contributed by atoms with Crippen molar-refractivity contribution in [1.82, 2.24) is 4.98 Å². The van der Waals surface area contributed by atoms with Gasteiger partial charge in [0.15, 0.2) is 0 Å². The first-order chi connectivity index (χ1) is 10.9. The standard InChI is InChI=1S/C17H13F2NO3/c1-10(21)23-15-9-17(18,19)16(22)13-3-2-12(8-14(13)15)11-4-6-20-7-5-11/h2-8,15H,9H2,1H3. The lowest BCUT2D eigenvalue weighted by atomic mass is 9.84. The lowest BCUT2D eigenvalue weighted by Gasteiger charge is -2.30. The topological polar surface area (TPSA) is 56.3 Å². The molecule has 0 aliphatic heterocycles. The van der Waals surface area contributed by atoms with Crippen molar-refractivity contribution in [3.05, 3.63) is 53.9 Å². The van der Waals surface area contributed by atoms with Gasteiger partial charge in [-0.05, 0) is 29.3 Å². The molecule has 4 nitrogen and oxygen atoms in total. The number of rotatable bonds is 2. The normalized spacial score (nSPS) is 19.1. The fourth-order valence-electron chi connectivity index (χ4n) is 2.70. The minimum Gasteiger partial charge on any atom is -0.457 e. The molecule has 6 heteroatoms. The number of esters is 1. The molecule has 118 valence electrons. The molecular formula is C17H13F2NO3. The number of hydrogen-bond acceptors (Lipinski definition) is 4. The maximum atomic E-state index is 13.9. The van der Waals surface area contributed by atoms with Gasteiger partial charge in [0.1, 0.15) is 6.10 Å². The highest BCUT2D eigenvalue weighted by molar-refractivity contribution is 6.04. The van der Waals surface area contributed by atoms with Gasteiger partial charge in [-0.2, -0.15) is 8.78 Å². The summed E-state index contributed by atoms with van der Waals surface area (Å²) in [5.74, 6) is -5.44. The summed E-state index contributed by atoms with van der Waals surface area (Å²) < 4.78 is 32.7. The average Bonchev–Trinajstić information content (AvgIpc) is 2.52. The summed E-state index contributed by atoms with van der Waals surface area (Å²) in [5.41, 5.74) is 1.77. The van der Waals surface area contributed by atoms with E-state index < -0.39 is 30.2 Å². The number of halogens is 2. The highest BCUT2D eigenvalue weighted by atomic mass is 19.3. The zero-order valence-corrected chi connectivity index (χ0v) is 12.3. The van der Waals surface area contributed by atoms with Crippen molar-refractivity contribution in [2.24, 2.45) is 0 Å². The van der Waals surface area contributed by atoms with Crippen molar-refractivity contribution in [2.45, 2.75) is 25.4 Å². The Balaban J connectivity index is 2.11. The van der Waals surface area contributed by atoms with E-state index in [0.717, 1.165) is 18.1 Å². The minimum atomic E-state index is -3.54. The molecule has 23 heavy (non-hydrogen) atoms. The van der Waals surface area contributed by atoms with E-state index in [0.29, 0.717) is 5.56 Å². The summed E-state index contributed by atoms with van der Waals surface area (Å²) in [6.45, 7) is 1.15. The molecule has 1 heterocycles. The van der Waals surface area contributed by atoms with Gasteiger partial charge < -0.3 is 4.74 Å². The van der Waals surface area contributed by atoms with Crippen molar-refractivity contribution in [3.63, 3.8) is 0 Å². The molecule has 0 saturated heterocycles. The quantitative estimate of drug-likeness (QED) is 0.795. The number of aromatic nitrogens is 1. The fourth-order valence-corrected chi connectivity index (χ4v) is 2.70. The van der Waals surface area contributed by atoms with Crippen LogP contribution in [0.2, 0.25) is 0 Å². The van der Waals surface area contributed by atoms with Crippen molar-refractivity contribution >= 4 is 11.8 Å². The number of alkyl halides is 2. The molecule has 0 saturated carbocycles. The van der Waals surface area contributed by atoms with Crippen LogP contribution < -0.4 is 0 Å². The summed E-state index contributed by atoms with van der Waals surface area (Å²) in [6, 6.07) is 8.10. The van der Waals surface area contributed by atoms with E-state index in [1.165, 1.54) is 6.07 Å². The number of hydrogen-bond donors (Lipinski definition) is 0. The summed E-state index contributed by atoms with van der Waals surface area (Å²) in [7, 11) is 0. The molecule has 0 bridgehead atoms. The number of carbonyl (C=O) groups excluding carboxylic acids is 2. The van der Waals surface area contributed by atoms with E-state index in [1.54, 1.807) is 36.7 Å². The summed E-state index contributed by atoms with van der Waals surface area (Å²) in [4.78, 5) is 27.0. The number of nitrogens with zero attached hydrogens (tertiary/aromatic N) is 1. The van der Waals surface area contributed by atoms with Crippen molar-refractivity contribution in [3.8, 4) is 11.1 Å². The van der Waals surface area contributed by atoms with Crippen LogP contribution in [-0.4, -0.2) is 22.7 Å². The van der Waals surface area contributed by atoms with Crippen molar-refractivity contribution < 1.29 is 23.1 Å². The third-order valence-electron chi connectivity index (χ3n) is 3.74. The molecule has 1 aromatic heterocycles. The highest BCUT2D eigenvalue weighted by Gasteiger charge is 2.48. The number of Topliss-reactive ketones (excluding diaryl/α,β-unsaturated/α-hetero) is 1. The molecule has 1 aliphatic carbocycles. The van der Waals surface area contributed by atoms with Crippen LogP contribution in [0.5, 0.6) is 0 Å². The van der Waals surface area contributed by atoms with E-state index in [2.05, 4.69) is 4.98 Å². The van der Waals surface area contributed by atoms with Gasteiger partial charge in [0.25, 0.3) is 0 Å². The SMILES string of the molecule is CC(=O)OC1CC(F)(F)C(=O)c2ccc(-c3ccncc3)cc21. The number of ketones is 1. The van der Waals surface area contributed by atoms with E-state index in [-0.39, 0.29) is 5.56 Å². The van der Waals surface area contributed by atoms with E-state index in [4.69, 9.17) is 4.74 Å². The predicted molar refractivity (Wildman–Crippen MR) is 78.1 cm³/mol. The van der Waals surface area contributed by atoms with Gasteiger partial charge >= 0.3 is 11.9 Å². The van der Waals surface area contributed by atoms with Gasteiger partial charge in [-0.15, -0.1) is 0 Å². The average molecular weight is 317 g/mol. The van der Waals surface area contributed by atoms with Crippen LogP contribution in [0.4, 0.5) is 8.78 Å². The van der Waals surface area contributed by atoms with Gasteiger partial charge in [0.2, 0.25) is 5.78 Å². The molecule has 0 amide bonds. The maximum Gasteiger partial charge on any atom is 0.313 e. The lowest BCUT2D eigenvalue weighted by Crippen LogP contribution is -2.37. The molecule has 0 spiro atoms. The highest BCUT2D eigenvalue weighted by Crippen LogP contribution is 2.42. The molecule has 2 aromatic rings.